The number of aromatic nitrogens is 2. The smallest absolute Gasteiger partial charge is 0.225 e. The second kappa shape index (κ2) is 5.61. The zero-order valence-corrected chi connectivity index (χ0v) is 14.1. The highest BCUT2D eigenvalue weighted by Gasteiger charge is 2.45. The van der Waals surface area contributed by atoms with Gasteiger partial charge in [0, 0.05) is 24.9 Å². The van der Waals surface area contributed by atoms with Crippen LogP contribution in [0, 0.1) is 17.8 Å². The molecule has 1 amide bonds. The number of amides is 1. The molecule has 2 saturated carbocycles. The molecule has 1 saturated heterocycles. The molecule has 2 bridgehead atoms. The standard InChI is InChI=1S/C20H25N3O/c24-20(16-11-13-7-8-14(16)10-13)23-9-3-4-15(12-23)19-21-17-5-1-2-6-18(17)22-19/h1-2,5-6,13-16H,3-4,7-12H2,(H,21,22)/t13-,14-,15+,16+/m0/s1. The van der Waals surface area contributed by atoms with E-state index in [9.17, 15) is 4.79 Å². The van der Waals surface area contributed by atoms with Crippen molar-refractivity contribution in [3.63, 3.8) is 0 Å². The number of piperidine rings is 1. The van der Waals surface area contributed by atoms with Gasteiger partial charge in [0.1, 0.15) is 5.82 Å². The van der Waals surface area contributed by atoms with E-state index in [0.717, 1.165) is 55.1 Å². The van der Waals surface area contributed by atoms with Gasteiger partial charge in [0.25, 0.3) is 0 Å². The minimum atomic E-state index is 0.318. The van der Waals surface area contributed by atoms with Crippen molar-refractivity contribution in [3.8, 4) is 0 Å². The number of likely N-dealkylation sites (tertiary alicyclic amines) is 1. The average molecular weight is 323 g/mol. The minimum Gasteiger partial charge on any atom is -0.342 e. The molecule has 3 aliphatic rings. The predicted molar refractivity (Wildman–Crippen MR) is 93.6 cm³/mol. The van der Waals surface area contributed by atoms with Gasteiger partial charge in [-0.1, -0.05) is 18.6 Å². The maximum Gasteiger partial charge on any atom is 0.225 e. The number of hydrogen-bond acceptors (Lipinski definition) is 2. The van der Waals surface area contributed by atoms with E-state index in [1.54, 1.807) is 0 Å². The summed E-state index contributed by atoms with van der Waals surface area (Å²) < 4.78 is 0. The highest BCUT2D eigenvalue weighted by atomic mass is 16.2. The molecule has 3 fully saturated rings. The van der Waals surface area contributed by atoms with Crippen LogP contribution in [0.15, 0.2) is 24.3 Å². The summed E-state index contributed by atoms with van der Waals surface area (Å²) in [6.07, 6.45) is 7.30. The Morgan fingerprint density at radius 1 is 1.17 bits per heavy atom. The summed E-state index contributed by atoms with van der Waals surface area (Å²) in [4.78, 5) is 23.4. The lowest BCUT2D eigenvalue weighted by molar-refractivity contribution is -0.138. The van der Waals surface area contributed by atoms with Gasteiger partial charge in [0.05, 0.1) is 11.0 Å². The molecule has 126 valence electrons. The van der Waals surface area contributed by atoms with Crippen LogP contribution in [0.25, 0.3) is 11.0 Å². The van der Waals surface area contributed by atoms with Crippen LogP contribution in [-0.2, 0) is 4.79 Å². The second-order valence-electron chi connectivity index (χ2n) is 8.04. The van der Waals surface area contributed by atoms with E-state index in [1.165, 1.54) is 19.3 Å². The van der Waals surface area contributed by atoms with Crippen molar-refractivity contribution in [1.82, 2.24) is 14.9 Å². The lowest BCUT2D eigenvalue weighted by Gasteiger charge is -2.35. The van der Waals surface area contributed by atoms with Gasteiger partial charge in [0.15, 0.2) is 0 Å². The van der Waals surface area contributed by atoms with Crippen molar-refractivity contribution >= 4 is 16.9 Å². The number of rotatable bonds is 2. The fraction of sp³-hybridized carbons (Fsp3) is 0.600. The Morgan fingerprint density at radius 3 is 2.88 bits per heavy atom. The van der Waals surface area contributed by atoms with E-state index < -0.39 is 0 Å². The SMILES string of the molecule is O=C([C@@H]1C[C@H]2CC[C@H]1C2)N1CCC[C@@H](c2nc3ccccc3[nH]2)C1. The fourth-order valence-electron chi connectivity index (χ4n) is 5.35. The van der Waals surface area contributed by atoms with Gasteiger partial charge in [-0.2, -0.15) is 0 Å². The first-order valence-electron chi connectivity index (χ1n) is 9.51. The van der Waals surface area contributed by atoms with E-state index >= 15 is 0 Å². The Labute approximate surface area is 142 Å². The van der Waals surface area contributed by atoms with Crippen LogP contribution < -0.4 is 0 Å². The summed E-state index contributed by atoms with van der Waals surface area (Å²) in [5.74, 6) is 3.67. The van der Waals surface area contributed by atoms with Crippen molar-refractivity contribution < 1.29 is 4.79 Å². The number of para-hydroxylation sites is 2. The Hall–Kier alpha value is -1.84. The molecular formula is C20H25N3O. The number of aromatic amines is 1. The third kappa shape index (κ3) is 2.35. The van der Waals surface area contributed by atoms with Gasteiger partial charge in [-0.15, -0.1) is 0 Å². The van der Waals surface area contributed by atoms with Crippen LogP contribution in [0.4, 0.5) is 0 Å². The number of imidazole rings is 1. The quantitative estimate of drug-likeness (QED) is 0.916. The molecule has 1 aliphatic heterocycles. The van der Waals surface area contributed by atoms with E-state index in [4.69, 9.17) is 4.98 Å². The predicted octanol–water partition coefficient (Wildman–Crippen LogP) is 3.71. The summed E-state index contributed by atoms with van der Waals surface area (Å²) in [6, 6.07) is 8.19. The molecule has 4 nitrogen and oxygen atoms in total. The lowest BCUT2D eigenvalue weighted by atomic mass is 9.86. The normalized spacial score (nSPS) is 32.6. The molecule has 4 atom stereocenters. The van der Waals surface area contributed by atoms with Gasteiger partial charge in [0.2, 0.25) is 5.91 Å². The molecule has 5 rings (SSSR count). The number of carbonyl (C=O) groups excluding carboxylic acids is 1. The van der Waals surface area contributed by atoms with Gasteiger partial charge in [-0.25, -0.2) is 4.98 Å². The number of carbonyl (C=O) groups is 1. The highest BCUT2D eigenvalue weighted by Crippen LogP contribution is 2.49. The summed E-state index contributed by atoms with van der Waals surface area (Å²) in [7, 11) is 0. The molecule has 1 aromatic heterocycles. The van der Waals surface area contributed by atoms with E-state index in [-0.39, 0.29) is 0 Å². The van der Waals surface area contributed by atoms with Gasteiger partial charge in [-0.3, -0.25) is 4.79 Å². The second-order valence-corrected chi connectivity index (χ2v) is 8.04. The molecule has 2 heterocycles. The largest absolute Gasteiger partial charge is 0.342 e. The minimum absolute atomic E-state index is 0.318. The lowest BCUT2D eigenvalue weighted by Crippen LogP contribution is -2.43. The van der Waals surface area contributed by atoms with Crippen LogP contribution in [-0.4, -0.2) is 33.9 Å². The monoisotopic (exact) mass is 323 g/mol. The Kier molecular flexibility index (Phi) is 3.39. The highest BCUT2D eigenvalue weighted by molar-refractivity contribution is 5.80. The van der Waals surface area contributed by atoms with Crippen molar-refractivity contribution in [2.24, 2.45) is 17.8 Å². The summed E-state index contributed by atoms with van der Waals surface area (Å²) in [6.45, 7) is 1.77. The van der Waals surface area contributed by atoms with Crippen LogP contribution >= 0.6 is 0 Å². The van der Waals surface area contributed by atoms with Crippen LogP contribution in [0.1, 0.15) is 50.3 Å². The molecule has 24 heavy (non-hydrogen) atoms. The molecule has 2 aliphatic carbocycles. The molecule has 2 aromatic rings. The zero-order chi connectivity index (χ0) is 16.1. The Bertz CT molecular complexity index is 734. The van der Waals surface area contributed by atoms with Crippen LogP contribution in [0.3, 0.4) is 0 Å². The van der Waals surface area contributed by atoms with Crippen LogP contribution in [0.2, 0.25) is 0 Å². The maximum absolute atomic E-state index is 13.0. The number of hydrogen-bond donors (Lipinski definition) is 1. The Balaban J connectivity index is 1.33. The summed E-state index contributed by atoms with van der Waals surface area (Å²) >= 11 is 0. The summed E-state index contributed by atoms with van der Waals surface area (Å²) in [5, 5.41) is 0. The summed E-state index contributed by atoms with van der Waals surface area (Å²) in [5.41, 5.74) is 2.13. The first-order valence-corrected chi connectivity index (χ1v) is 9.51. The fourth-order valence-corrected chi connectivity index (χ4v) is 5.35. The van der Waals surface area contributed by atoms with E-state index in [0.29, 0.717) is 23.7 Å². The molecule has 4 heteroatoms. The number of nitrogens with one attached hydrogen (secondary N) is 1. The number of H-pyrrole nitrogens is 1. The van der Waals surface area contributed by atoms with Crippen molar-refractivity contribution in [3.05, 3.63) is 30.1 Å². The molecule has 1 N–H and O–H groups in total. The third-order valence-corrected chi connectivity index (χ3v) is 6.58. The van der Waals surface area contributed by atoms with E-state index in [1.807, 2.05) is 12.1 Å². The molecular weight excluding hydrogens is 298 g/mol. The third-order valence-electron chi connectivity index (χ3n) is 6.58. The van der Waals surface area contributed by atoms with Crippen molar-refractivity contribution in [2.75, 3.05) is 13.1 Å². The van der Waals surface area contributed by atoms with E-state index in [2.05, 4.69) is 22.0 Å². The van der Waals surface area contributed by atoms with Crippen LogP contribution in [0.5, 0.6) is 0 Å². The number of fused-ring (bicyclic) bond motifs is 3. The van der Waals surface area contributed by atoms with Crippen molar-refractivity contribution in [1.29, 1.82) is 0 Å². The van der Waals surface area contributed by atoms with Gasteiger partial charge < -0.3 is 9.88 Å². The molecule has 0 unspecified atom stereocenters. The van der Waals surface area contributed by atoms with Gasteiger partial charge in [-0.05, 0) is 56.1 Å². The first kappa shape index (κ1) is 14.5. The zero-order valence-electron chi connectivity index (χ0n) is 14.1. The average Bonchev–Trinajstić information content (AvgIpc) is 3.35. The molecule has 1 aromatic carbocycles. The number of nitrogens with zero attached hydrogens (tertiary/aromatic N) is 2. The molecule has 0 radical (unpaired) electrons. The topological polar surface area (TPSA) is 49.0 Å². The number of benzene rings is 1. The first-order chi connectivity index (χ1) is 11.8. The Morgan fingerprint density at radius 2 is 2.08 bits per heavy atom. The van der Waals surface area contributed by atoms with Gasteiger partial charge >= 0.3 is 0 Å². The van der Waals surface area contributed by atoms with Crippen molar-refractivity contribution in [2.45, 2.75) is 44.4 Å². The maximum atomic E-state index is 13.0. The molecule has 0 spiro atoms.